The number of fused-ring (bicyclic) bond motifs is 1. The van der Waals surface area contributed by atoms with E-state index in [4.69, 9.17) is 4.74 Å². The van der Waals surface area contributed by atoms with E-state index >= 15 is 0 Å². The number of amides is 1. The van der Waals surface area contributed by atoms with Crippen molar-refractivity contribution in [2.24, 2.45) is 5.92 Å². The second-order valence-electron chi connectivity index (χ2n) is 5.95. The lowest BCUT2D eigenvalue weighted by Crippen LogP contribution is -2.28. The molecule has 1 atom stereocenters. The number of rotatable bonds is 6. The van der Waals surface area contributed by atoms with Crippen LogP contribution in [0, 0.1) is 5.92 Å². The Morgan fingerprint density at radius 1 is 1.30 bits per heavy atom. The topological polar surface area (TPSA) is 38.3 Å². The van der Waals surface area contributed by atoms with Crippen LogP contribution >= 0.6 is 0 Å². The summed E-state index contributed by atoms with van der Waals surface area (Å²) in [4.78, 5) is 12.0. The summed E-state index contributed by atoms with van der Waals surface area (Å²) in [5.74, 6) is 1.06. The molecule has 1 N–H and O–H groups in total. The molecule has 3 heteroatoms. The Labute approximate surface area is 120 Å². The molecule has 1 aliphatic heterocycles. The van der Waals surface area contributed by atoms with Crippen molar-refractivity contribution in [3.8, 4) is 0 Å². The van der Waals surface area contributed by atoms with E-state index in [-0.39, 0.29) is 12.0 Å². The highest BCUT2D eigenvalue weighted by Crippen LogP contribution is 2.33. The first-order valence-electron chi connectivity index (χ1n) is 7.79. The number of benzene rings is 1. The molecule has 1 aliphatic carbocycles. The van der Waals surface area contributed by atoms with Gasteiger partial charge in [0, 0.05) is 6.54 Å². The Morgan fingerprint density at radius 3 is 3.00 bits per heavy atom. The van der Waals surface area contributed by atoms with Crippen LogP contribution in [0.2, 0.25) is 0 Å². The van der Waals surface area contributed by atoms with Gasteiger partial charge >= 0.3 is 0 Å². The van der Waals surface area contributed by atoms with Crippen molar-refractivity contribution in [3.63, 3.8) is 0 Å². The van der Waals surface area contributed by atoms with Gasteiger partial charge in [0.2, 0.25) is 5.91 Å². The van der Waals surface area contributed by atoms with Crippen LogP contribution in [0.15, 0.2) is 24.3 Å². The first-order chi connectivity index (χ1) is 9.83. The lowest BCUT2D eigenvalue weighted by molar-refractivity contribution is -0.124. The molecule has 1 aromatic rings. The summed E-state index contributed by atoms with van der Waals surface area (Å²) in [5.41, 5.74) is 2.51. The van der Waals surface area contributed by atoms with Crippen LogP contribution in [0.25, 0.3) is 0 Å². The number of carbonyl (C=O) groups is 1. The van der Waals surface area contributed by atoms with Crippen molar-refractivity contribution < 1.29 is 9.53 Å². The number of nitrogens with one attached hydrogen (secondary N) is 1. The fraction of sp³-hybridized carbons (Fsp3) is 0.588. The number of ether oxygens (including phenoxy) is 1. The van der Waals surface area contributed by atoms with Gasteiger partial charge in [-0.1, -0.05) is 37.1 Å². The van der Waals surface area contributed by atoms with Crippen molar-refractivity contribution in [1.82, 2.24) is 5.32 Å². The van der Waals surface area contributed by atoms with Crippen LogP contribution in [0.1, 0.15) is 49.3 Å². The van der Waals surface area contributed by atoms with Gasteiger partial charge in [-0.3, -0.25) is 4.79 Å². The van der Waals surface area contributed by atoms with Crippen molar-refractivity contribution in [2.45, 2.75) is 44.6 Å². The molecule has 1 heterocycles. The SMILES string of the molecule is O=C(C[C@@H]1OCCc2ccccc21)NCCCC1CC1. The van der Waals surface area contributed by atoms with Crippen LogP contribution in [-0.2, 0) is 16.0 Å². The predicted octanol–water partition coefficient (Wildman–Crippen LogP) is 3.00. The number of hydrogen-bond acceptors (Lipinski definition) is 2. The van der Waals surface area contributed by atoms with E-state index in [1.807, 2.05) is 6.07 Å². The molecule has 0 spiro atoms. The van der Waals surface area contributed by atoms with Gasteiger partial charge in [-0.05, 0) is 36.3 Å². The highest BCUT2D eigenvalue weighted by atomic mass is 16.5. The average molecular weight is 273 g/mol. The summed E-state index contributed by atoms with van der Waals surface area (Å²) in [7, 11) is 0. The molecule has 0 unspecified atom stereocenters. The fourth-order valence-electron chi connectivity index (χ4n) is 2.91. The van der Waals surface area contributed by atoms with Crippen LogP contribution in [0.4, 0.5) is 0 Å². The second kappa shape index (κ2) is 6.40. The molecule has 3 nitrogen and oxygen atoms in total. The van der Waals surface area contributed by atoms with Crippen LogP contribution in [0.5, 0.6) is 0 Å². The molecule has 0 bridgehead atoms. The molecule has 0 aromatic heterocycles. The van der Waals surface area contributed by atoms with Crippen molar-refractivity contribution in [2.75, 3.05) is 13.2 Å². The molecule has 1 amide bonds. The van der Waals surface area contributed by atoms with E-state index in [9.17, 15) is 4.79 Å². The van der Waals surface area contributed by atoms with Crippen molar-refractivity contribution in [3.05, 3.63) is 35.4 Å². The van der Waals surface area contributed by atoms with E-state index in [0.717, 1.165) is 31.9 Å². The molecular formula is C17H23NO2. The summed E-state index contributed by atoms with van der Waals surface area (Å²) in [6, 6.07) is 8.30. The van der Waals surface area contributed by atoms with Gasteiger partial charge in [0.15, 0.2) is 0 Å². The van der Waals surface area contributed by atoms with E-state index in [1.54, 1.807) is 0 Å². The Kier molecular flexibility index (Phi) is 4.36. The summed E-state index contributed by atoms with van der Waals surface area (Å²) < 4.78 is 5.77. The minimum Gasteiger partial charge on any atom is -0.373 e. The average Bonchev–Trinajstić information content (AvgIpc) is 3.28. The molecular weight excluding hydrogens is 250 g/mol. The maximum Gasteiger partial charge on any atom is 0.222 e. The monoisotopic (exact) mass is 273 g/mol. The summed E-state index contributed by atoms with van der Waals surface area (Å²) in [5, 5.41) is 3.02. The van der Waals surface area contributed by atoms with Gasteiger partial charge in [0.05, 0.1) is 19.1 Å². The number of hydrogen-bond donors (Lipinski definition) is 1. The second-order valence-corrected chi connectivity index (χ2v) is 5.95. The predicted molar refractivity (Wildman–Crippen MR) is 78.4 cm³/mol. The van der Waals surface area contributed by atoms with Gasteiger partial charge in [0.25, 0.3) is 0 Å². The van der Waals surface area contributed by atoms with E-state index in [0.29, 0.717) is 6.42 Å². The molecule has 3 rings (SSSR count). The molecule has 0 saturated heterocycles. The molecule has 20 heavy (non-hydrogen) atoms. The zero-order valence-electron chi connectivity index (χ0n) is 11.9. The zero-order valence-corrected chi connectivity index (χ0v) is 11.9. The largest absolute Gasteiger partial charge is 0.373 e. The molecule has 0 radical (unpaired) electrons. The Hall–Kier alpha value is -1.35. The van der Waals surface area contributed by atoms with Gasteiger partial charge in [-0.2, -0.15) is 0 Å². The van der Waals surface area contributed by atoms with E-state index < -0.39 is 0 Å². The van der Waals surface area contributed by atoms with Crippen molar-refractivity contribution >= 4 is 5.91 Å². The van der Waals surface area contributed by atoms with Gasteiger partial charge in [-0.25, -0.2) is 0 Å². The summed E-state index contributed by atoms with van der Waals surface area (Å²) in [6.45, 7) is 1.53. The van der Waals surface area contributed by atoms with E-state index in [2.05, 4.69) is 23.5 Å². The minimum atomic E-state index is -0.0663. The lowest BCUT2D eigenvalue weighted by atomic mass is 9.95. The Bertz CT molecular complexity index is 468. The minimum absolute atomic E-state index is 0.0663. The van der Waals surface area contributed by atoms with Crippen LogP contribution in [0.3, 0.4) is 0 Å². The maximum atomic E-state index is 12.0. The third kappa shape index (κ3) is 3.60. The maximum absolute atomic E-state index is 12.0. The standard InChI is InChI=1S/C17H23NO2/c19-17(18-10-3-4-13-7-8-13)12-16-15-6-2-1-5-14(15)9-11-20-16/h1-2,5-6,13,16H,3-4,7-12H2,(H,18,19)/t16-/m0/s1. The summed E-state index contributed by atoms with van der Waals surface area (Å²) in [6.07, 6.45) is 6.49. The molecule has 1 saturated carbocycles. The van der Waals surface area contributed by atoms with Crippen molar-refractivity contribution in [1.29, 1.82) is 0 Å². The highest BCUT2D eigenvalue weighted by molar-refractivity contribution is 5.76. The molecule has 108 valence electrons. The molecule has 2 aliphatic rings. The summed E-state index contributed by atoms with van der Waals surface area (Å²) >= 11 is 0. The van der Waals surface area contributed by atoms with Gasteiger partial charge in [0.1, 0.15) is 0 Å². The first-order valence-corrected chi connectivity index (χ1v) is 7.79. The van der Waals surface area contributed by atoms with Crippen LogP contribution in [-0.4, -0.2) is 19.1 Å². The van der Waals surface area contributed by atoms with E-state index in [1.165, 1.54) is 30.4 Å². The highest BCUT2D eigenvalue weighted by Gasteiger charge is 2.23. The Morgan fingerprint density at radius 2 is 2.15 bits per heavy atom. The van der Waals surface area contributed by atoms with Gasteiger partial charge < -0.3 is 10.1 Å². The smallest absolute Gasteiger partial charge is 0.222 e. The third-order valence-electron chi connectivity index (χ3n) is 4.27. The third-order valence-corrected chi connectivity index (χ3v) is 4.27. The quantitative estimate of drug-likeness (QED) is 0.809. The van der Waals surface area contributed by atoms with Crippen LogP contribution < -0.4 is 5.32 Å². The Balaban J connectivity index is 1.46. The molecule has 1 aromatic carbocycles. The molecule has 1 fully saturated rings. The zero-order chi connectivity index (χ0) is 13.8. The number of carbonyl (C=O) groups excluding carboxylic acids is 1. The fourth-order valence-corrected chi connectivity index (χ4v) is 2.91. The first kappa shape index (κ1) is 13.6. The lowest BCUT2D eigenvalue weighted by Gasteiger charge is -2.25. The normalized spacial score (nSPS) is 21.3. The van der Waals surface area contributed by atoms with Gasteiger partial charge in [-0.15, -0.1) is 0 Å².